The molecule has 0 radical (unpaired) electrons. The SMILES string of the molecule is Cc1c(C(=O)N=c2sccn2C)nnn1C1CCNCC1.Cl. The lowest BCUT2D eigenvalue weighted by Crippen LogP contribution is -2.30. The average molecular weight is 343 g/mol. The number of piperidine rings is 1. The van der Waals surface area contributed by atoms with Crippen molar-refractivity contribution in [1.82, 2.24) is 24.9 Å². The molecule has 1 aliphatic rings. The largest absolute Gasteiger partial charge is 0.327 e. The smallest absolute Gasteiger partial charge is 0.302 e. The molecule has 0 aromatic carbocycles. The lowest BCUT2D eigenvalue weighted by molar-refractivity contribution is 0.0992. The Kier molecular flexibility index (Phi) is 5.49. The van der Waals surface area contributed by atoms with E-state index in [-0.39, 0.29) is 18.3 Å². The van der Waals surface area contributed by atoms with Crippen molar-refractivity contribution in [3.63, 3.8) is 0 Å². The molecule has 7 nitrogen and oxygen atoms in total. The Labute approximate surface area is 138 Å². The molecule has 0 spiro atoms. The van der Waals surface area contributed by atoms with Gasteiger partial charge in [0.1, 0.15) is 0 Å². The van der Waals surface area contributed by atoms with Gasteiger partial charge < -0.3 is 9.88 Å². The quantitative estimate of drug-likeness (QED) is 0.885. The highest BCUT2D eigenvalue weighted by molar-refractivity contribution is 7.07. The summed E-state index contributed by atoms with van der Waals surface area (Å²) >= 11 is 1.43. The number of aryl methyl sites for hydroxylation is 1. The number of hydrogen-bond donors (Lipinski definition) is 1. The van der Waals surface area contributed by atoms with Crippen LogP contribution in [0.3, 0.4) is 0 Å². The van der Waals surface area contributed by atoms with Crippen LogP contribution >= 0.6 is 23.7 Å². The van der Waals surface area contributed by atoms with Crippen LogP contribution in [0.4, 0.5) is 0 Å². The highest BCUT2D eigenvalue weighted by Crippen LogP contribution is 2.20. The van der Waals surface area contributed by atoms with Gasteiger partial charge in [0.15, 0.2) is 10.5 Å². The number of aromatic nitrogens is 4. The molecule has 1 amide bonds. The summed E-state index contributed by atoms with van der Waals surface area (Å²) in [5.74, 6) is -0.328. The molecule has 0 unspecified atom stereocenters. The Morgan fingerprint density at radius 3 is 2.82 bits per heavy atom. The van der Waals surface area contributed by atoms with Gasteiger partial charge in [0.05, 0.1) is 11.7 Å². The summed E-state index contributed by atoms with van der Waals surface area (Å²) < 4.78 is 3.69. The van der Waals surface area contributed by atoms with E-state index in [0.717, 1.165) is 31.6 Å². The fourth-order valence-electron chi connectivity index (χ4n) is 2.51. The highest BCUT2D eigenvalue weighted by Gasteiger charge is 2.22. The molecule has 22 heavy (non-hydrogen) atoms. The molecule has 1 saturated heterocycles. The number of hydrogen-bond acceptors (Lipinski definition) is 5. The second-order valence-electron chi connectivity index (χ2n) is 5.16. The summed E-state index contributed by atoms with van der Waals surface area (Å²) in [5, 5.41) is 13.4. The van der Waals surface area contributed by atoms with Crippen LogP contribution in [0.2, 0.25) is 0 Å². The molecular formula is C13H19ClN6OS. The predicted molar refractivity (Wildman–Crippen MR) is 86.3 cm³/mol. The Bertz CT molecular complexity index is 712. The second-order valence-corrected chi connectivity index (χ2v) is 6.04. The minimum absolute atomic E-state index is 0. The molecule has 0 bridgehead atoms. The predicted octanol–water partition coefficient (Wildman–Crippen LogP) is 1.07. The topological polar surface area (TPSA) is 77.1 Å². The van der Waals surface area contributed by atoms with Crippen molar-refractivity contribution in [3.8, 4) is 0 Å². The van der Waals surface area contributed by atoms with Crippen molar-refractivity contribution < 1.29 is 4.79 Å². The summed E-state index contributed by atoms with van der Waals surface area (Å²) in [6.45, 7) is 3.84. The van der Waals surface area contributed by atoms with Crippen LogP contribution in [0.1, 0.15) is 35.1 Å². The first-order valence-electron chi connectivity index (χ1n) is 6.98. The third kappa shape index (κ3) is 3.29. The fourth-order valence-corrected chi connectivity index (χ4v) is 3.24. The van der Waals surface area contributed by atoms with Gasteiger partial charge in [0, 0.05) is 18.6 Å². The van der Waals surface area contributed by atoms with Crippen molar-refractivity contribution in [3.05, 3.63) is 27.8 Å². The molecule has 2 aromatic rings. The van der Waals surface area contributed by atoms with E-state index >= 15 is 0 Å². The monoisotopic (exact) mass is 342 g/mol. The molecule has 9 heteroatoms. The van der Waals surface area contributed by atoms with Crippen molar-refractivity contribution in [1.29, 1.82) is 0 Å². The summed E-state index contributed by atoms with van der Waals surface area (Å²) in [4.78, 5) is 17.1. The molecule has 1 fully saturated rings. The number of rotatable bonds is 2. The summed E-state index contributed by atoms with van der Waals surface area (Å²) in [6, 6.07) is 0.318. The van der Waals surface area contributed by atoms with E-state index in [1.165, 1.54) is 11.3 Å². The van der Waals surface area contributed by atoms with Gasteiger partial charge in [0.25, 0.3) is 0 Å². The van der Waals surface area contributed by atoms with Crippen LogP contribution in [0.15, 0.2) is 16.6 Å². The Balaban J connectivity index is 0.00000176. The molecule has 2 aromatic heterocycles. The molecule has 1 N–H and O–H groups in total. The van der Waals surface area contributed by atoms with E-state index in [4.69, 9.17) is 0 Å². The summed E-state index contributed by atoms with van der Waals surface area (Å²) in [5.41, 5.74) is 1.15. The number of carbonyl (C=O) groups is 1. The number of amides is 1. The summed E-state index contributed by atoms with van der Waals surface area (Å²) in [7, 11) is 1.86. The molecule has 120 valence electrons. The number of nitrogens with zero attached hydrogens (tertiary/aromatic N) is 5. The maximum absolute atomic E-state index is 12.3. The zero-order valence-corrected chi connectivity index (χ0v) is 14.2. The maximum atomic E-state index is 12.3. The first kappa shape index (κ1) is 16.9. The van der Waals surface area contributed by atoms with Crippen LogP contribution < -0.4 is 10.1 Å². The lowest BCUT2D eigenvalue weighted by atomic mass is 10.1. The van der Waals surface area contributed by atoms with Gasteiger partial charge in [-0.05, 0) is 32.9 Å². The van der Waals surface area contributed by atoms with Gasteiger partial charge in [0.2, 0.25) is 0 Å². The number of carbonyl (C=O) groups excluding carboxylic acids is 1. The summed E-state index contributed by atoms with van der Waals surface area (Å²) in [6.07, 6.45) is 3.89. The third-order valence-electron chi connectivity index (χ3n) is 3.74. The molecule has 0 saturated carbocycles. The fraction of sp³-hybridized carbons (Fsp3) is 0.538. The minimum Gasteiger partial charge on any atom is -0.327 e. The van der Waals surface area contributed by atoms with E-state index < -0.39 is 0 Å². The van der Waals surface area contributed by atoms with Gasteiger partial charge in [-0.2, -0.15) is 4.99 Å². The van der Waals surface area contributed by atoms with Gasteiger partial charge in [-0.1, -0.05) is 5.21 Å². The first-order chi connectivity index (χ1) is 10.2. The Hall–Kier alpha value is -1.51. The standard InChI is InChI=1S/C13H18N6OS.ClH/c1-9-11(12(20)15-13-18(2)7-8-21-13)16-17-19(9)10-3-5-14-6-4-10;/h7-8,10,14H,3-6H2,1-2H3;1H. The van der Waals surface area contributed by atoms with Gasteiger partial charge in [-0.3, -0.25) is 4.79 Å². The van der Waals surface area contributed by atoms with Gasteiger partial charge >= 0.3 is 5.91 Å². The number of thiazole rings is 1. The first-order valence-corrected chi connectivity index (χ1v) is 7.86. The van der Waals surface area contributed by atoms with Crippen molar-refractivity contribution in [2.24, 2.45) is 12.0 Å². The van der Waals surface area contributed by atoms with Crippen LogP contribution in [0, 0.1) is 6.92 Å². The van der Waals surface area contributed by atoms with E-state index in [0.29, 0.717) is 16.5 Å². The van der Waals surface area contributed by atoms with Gasteiger partial charge in [-0.25, -0.2) is 4.68 Å². The van der Waals surface area contributed by atoms with Gasteiger partial charge in [-0.15, -0.1) is 28.8 Å². The molecule has 0 aliphatic carbocycles. The third-order valence-corrected chi connectivity index (χ3v) is 4.59. The van der Waals surface area contributed by atoms with Crippen LogP contribution in [0.25, 0.3) is 0 Å². The molecule has 3 heterocycles. The van der Waals surface area contributed by atoms with Crippen LogP contribution in [0.5, 0.6) is 0 Å². The van der Waals surface area contributed by atoms with Crippen molar-refractivity contribution in [2.75, 3.05) is 13.1 Å². The Morgan fingerprint density at radius 1 is 1.45 bits per heavy atom. The van der Waals surface area contributed by atoms with Crippen molar-refractivity contribution in [2.45, 2.75) is 25.8 Å². The average Bonchev–Trinajstić information content (AvgIpc) is 3.06. The van der Waals surface area contributed by atoms with E-state index in [1.807, 2.05) is 34.8 Å². The molecule has 3 rings (SSSR count). The minimum atomic E-state index is -0.328. The molecule has 1 aliphatic heterocycles. The lowest BCUT2D eigenvalue weighted by Gasteiger charge is -2.23. The van der Waals surface area contributed by atoms with E-state index in [9.17, 15) is 4.79 Å². The van der Waals surface area contributed by atoms with E-state index in [1.54, 1.807) is 0 Å². The van der Waals surface area contributed by atoms with Crippen molar-refractivity contribution >= 4 is 29.7 Å². The zero-order chi connectivity index (χ0) is 14.8. The molecule has 0 atom stereocenters. The maximum Gasteiger partial charge on any atom is 0.302 e. The highest BCUT2D eigenvalue weighted by atomic mass is 35.5. The normalized spacial score (nSPS) is 16.5. The van der Waals surface area contributed by atoms with E-state index in [2.05, 4.69) is 20.6 Å². The molecular weight excluding hydrogens is 324 g/mol. The van der Waals surface area contributed by atoms with Crippen LogP contribution in [-0.4, -0.2) is 38.6 Å². The Morgan fingerprint density at radius 2 is 2.18 bits per heavy atom. The second kappa shape index (κ2) is 7.17. The number of nitrogens with one attached hydrogen (secondary N) is 1. The van der Waals surface area contributed by atoms with Crippen LogP contribution in [-0.2, 0) is 7.05 Å². The number of halogens is 1. The zero-order valence-electron chi connectivity index (χ0n) is 12.5.